The molecule has 2 N–H and O–H groups in total. The van der Waals surface area contributed by atoms with Crippen LogP contribution in [0.5, 0.6) is 0 Å². The SMILES string of the molecule is Cc1ccc(-c2nc(-c3c[nH]c4ccc(Br)cc34)[nH]c2-c2ccc(N(C)C)cc2)cc1. The van der Waals surface area contributed by atoms with Gasteiger partial charge in [0, 0.05) is 58.0 Å². The number of anilines is 1. The molecule has 3 aromatic carbocycles. The van der Waals surface area contributed by atoms with Gasteiger partial charge in [-0.1, -0.05) is 57.9 Å². The largest absolute Gasteiger partial charge is 0.378 e. The van der Waals surface area contributed by atoms with Gasteiger partial charge in [-0.3, -0.25) is 0 Å². The predicted molar refractivity (Wildman–Crippen MR) is 134 cm³/mol. The number of benzene rings is 3. The Morgan fingerprint density at radius 3 is 2.29 bits per heavy atom. The number of aryl methyl sites for hydroxylation is 1. The second-order valence-corrected chi connectivity index (χ2v) is 8.92. The van der Waals surface area contributed by atoms with Gasteiger partial charge >= 0.3 is 0 Å². The summed E-state index contributed by atoms with van der Waals surface area (Å²) in [4.78, 5) is 14.1. The standard InChI is InChI=1S/C26H23BrN4/c1-16-4-6-17(7-5-16)24-25(18-8-11-20(12-9-18)31(2)3)30-26(29-24)22-15-28-23-13-10-19(27)14-21(22)23/h4-15,28H,1-3H3,(H,29,30). The number of imidazole rings is 1. The van der Waals surface area contributed by atoms with Crippen LogP contribution in [0.4, 0.5) is 5.69 Å². The van der Waals surface area contributed by atoms with Gasteiger partial charge in [-0.2, -0.15) is 0 Å². The van der Waals surface area contributed by atoms with E-state index in [2.05, 4.69) is 112 Å². The van der Waals surface area contributed by atoms with E-state index in [0.29, 0.717) is 0 Å². The number of rotatable bonds is 4. The Labute approximate surface area is 190 Å². The van der Waals surface area contributed by atoms with Crippen LogP contribution >= 0.6 is 15.9 Å². The number of halogens is 1. The zero-order valence-electron chi connectivity index (χ0n) is 17.7. The second-order valence-electron chi connectivity index (χ2n) is 8.01. The summed E-state index contributed by atoms with van der Waals surface area (Å²) in [5, 5.41) is 1.13. The fraction of sp³-hybridized carbons (Fsp3) is 0.115. The van der Waals surface area contributed by atoms with E-state index in [-0.39, 0.29) is 0 Å². The first-order chi connectivity index (χ1) is 15.0. The van der Waals surface area contributed by atoms with E-state index < -0.39 is 0 Å². The van der Waals surface area contributed by atoms with Gasteiger partial charge in [0.25, 0.3) is 0 Å². The first-order valence-corrected chi connectivity index (χ1v) is 11.0. The molecule has 0 aliphatic heterocycles. The number of nitrogens with zero attached hydrogens (tertiary/aromatic N) is 2. The topological polar surface area (TPSA) is 47.7 Å². The minimum atomic E-state index is 0.853. The van der Waals surface area contributed by atoms with Gasteiger partial charge in [0.05, 0.1) is 11.4 Å². The average Bonchev–Trinajstić information content (AvgIpc) is 3.38. The molecule has 0 spiro atoms. The monoisotopic (exact) mass is 470 g/mol. The fourth-order valence-corrected chi connectivity index (χ4v) is 4.21. The Morgan fingerprint density at radius 1 is 0.871 bits per heavy atom. The van der Waals surface area contributed by atoms with Crippen LogP contribution in [0, 0.1) is 6.92 Å². The Balaban J connectivity index is 1.69. The second kappa shape index (κ2) is 7.75. The summed E-state index contributed by atoms with van der Waals surface area (Å²) in [5.41, 5.74) is 8.73. The van der Waals surface area contributed by atoms with Crippen LogP contribution in [0.1, 0.15) is 5.56 Å². The summed E-state index contributed by atoms with van der Waals surface area (Å²) >= 11 is 3.59. The summed E-state index contributed by atoms with van der Waals surface area (Å²) in [6, 6.07) is 23.4. The van der Waals surface area contributed by atoms with Gasteiger partial charge in [-0.15, -0.1) is 0 Å². The Kier molecular flexibility index (Phi) is 4.91. The summed E-state index contributed by atoms with van der Waals surface area (Å²) in [6.07, 6.45) is 2.02. The maximum Gasteiger partial charge on any atom is 0.140 e. The zero-order valence-corrected chi connectivity index (χ0v) is 19.3. The quantitative estimate of drug-likeness (QED) is 0.296. The molecule has 2 aromatic heterocycles. The molecule has 154 valence electrons. The molecule has 5 rings (SSSR count). The van der Waals surface area contributed by atoms with E-state index in [1.807, 2.05) is 12.3 Å². The summed E-state index contributed by atoms with van der Waals surface area (Å²) < 4.78 is 1.05. The third-order valence-corrected chi connectivity index (χ3v) is 6.09. The molecule has 0 unspecified atom stereocenters. The van der Waals surface area contributed by atoms with Crippen molar-refractivity contribution < 1.29 is 0 Å². The van der Waals surface area contributed by atoms with E-state index in [4.69, 9.17) is 4.98 Å². The van der Waals surface area contributed by atoms with Crippen LogP contribution in [0.25, 0.3) is 44.8 Å². The van der Waals surface area contributed by atoms with E-state index in [9.17, 15) is 0 Å². The smallest absolute Gasteiger partial charge is 0.140 e. The zero-order chi connectivity index (χ0) is 21.5. The van der Waals surface area contributed by atoms with Crippen molar-refractivity contribution in [2.45, 2.75) is 6.92 Å². The molecule has 0 saturated heterocycles. The fourth-order valence-electron chi connectivity index (χ4n) is 3.85. The number of fused-ring (bicyclic) bond motifs is 1. The van der Waals surface area contributed by atoms with Gasteiger partial charge in [-0.05, 0) is 37.3 Å². The molecule has 0 saturated carbocycles. The number of aromatic amines is 2. The van der Waals surface area contributed by atoms with Crippen molar-refractivity contribution in [3.05, 3.63) is 83.0 Å². The van der Waals surface area contributed by atoms with Crippen molar-refractivity contribution in [2.75, 3.05) is 19.0 Å². The number of H-pyrrole nitrogens is 2. The first-order valence-electron chi connectivity index (χ1n) is 10.2. The van der Waals surface area contributed by atoms with Crippen LogP contribution in [-0.4, -0.2) is 29.0 Å². The lowest BCUT2D eigenvalue weighted by Crippen LogP contribution is -2.07. The van der Waals surface area contributed by atoms with Crippen LogP contribution in [0.2, 0.25) is 0 Å². The molecular formula is C26H23BrN4. The molecule has 0 fully saturated rings. The summed E-state index contributed by atoms with van der Waals surface area (Å²) in [5.74, 6) is 0.853. The third-order valence-electron chi connectivity index (χ3n) is 5.60. The molecule has 5 heteroatoms. The molecule has 5 aromatic rings. The number of hydrogen-bond acceptors (Lipinski definition) is 2. The molecule has 2 heterocycles. The van der Waals surface area contributed by atoms with Crippen molar-refractivity contribution >= 4 is 32.5 Å². The Morgan fingerprint density at radius 2 is 1.58 bits per heavy atom. The maximum atomic E-state index is 5.07. The average molecular weight is 471 g/mol. The van der Waals surface area contributed by atoms with Crippen LogP contribution in [-0.2, 0) is 0 Å². The highest BCUT2D eigenvalue weighted by Gasteiger charge is 2.17. The molecule has 0 radical (unpaired) electrons. The molecule has 0 aliphatic carbocycles. The van der Waals surface area contributed by atoms with Gasteiger partial charge in [-0.25, -0.2) is 4.98 Å². The molecule has 0 aliphatic rings. The van der Waals surface area contributed by atoms with Gasteiger partial charge in [0.15, 0.2) is 0 Å². The highest BCUT2D eigenvalue weighted by molar-refractivity contribution is 9.10. The lowest BCUT2D eigenvalue weighted by atomic mass is 10.0. The minimum absolute atomic E-state index is 0.853. The molecular weight excluding hydrogens is 448 g/mol. The van der Waals surface area contributed by atoms with Crippen LogP contribution < -0.4 is 4.90 Å². The number of nitrogens with one attached hydrogen (secondary N) is 2. The highest BCUT2D eigenvalue weighted by Crippen LogP contribution is 2.36. The molecule has 4 nitrogen and oxygen atoms in total. The molecule has 31 heavy (non-hydrogen) atoms. The van der Waals surface area contributed by atoms with E-state index >= 15 is 0 Å². The van der Waals surface area contributed by atoms with Crippen LogP contribution in [0.3, 0.4) is 0 Å². The van der Waals surface area contributed by atoms with Gasteiger partial charge in [0.1, 0.15) is 5.82 Å². The summed E-state index contributed by atoms with van der Waals surface area (Å²) in [7, 11) is 4.10. The predicted octanol–water partition coefficient (Wildman–Crippen LogP) is 7.03. The Bertz CT molecular complexity index is 1360. The minimum Gasteiger partial charge on any atom is -0.378 e. The first kappa shape index (κ1) is 19.6. The van der Waals surface area contributed by atoms with E-state index in [0.717, 1.165) is 49.3 Å². The van der Waals surface area contributed by atoms with E-state index in [1.165, 1.54) is 11.3 Å². The number of hydrogen-bond donors (Lipinski definition) is 2. The van der Waals surface area contributed by atoms with Crippen molar-refractivity contribution in [1.29, 1.82) is 0 Å². The van der Waals surface area contributed by atoms with Crippen molar-refractivity contribution in [3.63, 3.8) is 0 Å². The third kappa shape index (κ3) is 3.66. The van der Waals surface area contributed by atoms with E-state index in [1.54, 1.807) is 0 Å². The van der Waals surface area contributed by atoms with Gasteiger partial charge < -0.3 is 14.9 Å². The normalized spacial score (nSPS) is 11.2. The van der Waals surface area contributed by atoms with Crippen molar-refractivity contribution in [3.8, 4) is 33.9 Å². The number of aromatic nitrogens is 3. The molecule has 0 atom stereocenters. The summed E-state index contributed by atoms with van der Waals surface area (Å²) in [6.45, 7) is 2.10. The van der Waals surface area contributed by atoms with Crippen molar-refractivity contribution in [2.24, 2.45) is 0 Å². The highest BCUT2D eigenvalue weighted by atomic mass is 79.9. The van der Waals surface area contributed by atoms with Crippen LogP contribution in [0.15, 0.2) is 77.4 Å². The lowest BCUT2D eigenvalue weighted by Gasteiger charge is -2.12. The lowest BCUT2D eigenvalue weighted by molar-refractivity contribution is 1.13. The molecule has 0 bridgehead atoms. The Hall–Kier alpha value is -3.31. The molecule has 0 amide bonds. The maximum absolute atomic E-state index is 5.07. The van der Waals surface area contributed by atoms with Crippen molar-refractivity contribution in [1.82, 2.24) is 15.0 Å². The van der Waals surface area contributed by atoms with Gasteiger partial charge in [0.2, 0.25) is 0 Å².